The summed E-state index contributed by atoms with van der Waals surface area (Å²) < 4.78 is 12.9. The third kappa shape index (κ3) is 5.18. The molecule has 0 amide bonds. The van der Waals surface area contributed by atoms with Gasteiger partial charge in [-0.1, -0.05) is 6.07 Å². The van der Waals surface area contributed by atoms with Crippen LogP contribution in [0, 0.1) is 0 Å². The molecule has 1 fully saturated rings. The first kappa shape index (κ1) is 24.0. The molecule has 0 bridgehead atoms. The van der Waals surface area contributed by atoms with Crippen molar-refractivity contribution in [3.05, 3.63) is 41.1 Å². The van der Waals surface area contributed by atoms with Gasteiger partial charge < -0.3 is 9.31 Å². The summed E-state index contributed by atoms with van der Waals surface area (Å²) in [5.74, 6) is 1.04. The van der Waals surface area contributed by atoms with E-state index in [2.05, 4.69) is 56.7 Å². The van der Waals surface area contributed by atoms with Gasteiger partial charge in [-0.05, 0) is 72.3 Å². The second-order valence-electron chi connectivity index (χ2n) is 8.63. The van der Waals surface area contributed by atoms with Crippen LogP contribution in [0.2, 0.25) is 0 Å². The fourth-order valence-corrected chi connectivity index (χ4v) is 3.17. The minimum Gasteiger partial charge on any atom is -0.399 e. The number of tetrazole rings is 2. The number of rotatable bonds is 3. The van der Waals surface area contributed by atoms with E-state index in [1.165, 1.54) is 9.59 Å². The average Bonchev–Trinajstić information content (AvgIpc) is 3.47. The van der Waals surface area contributed by atoms with Crippen LogP contribution in [-0.4, -0.2) is 68.7 Å². The van der Waals surface area contributed by atoms with Gasteiger partial charge in [0.15, 0.2) is 0 Å². The molecule has 12 nitrogen and oxygen atoms in total. The number of halogens is 1. The molecule has 34 heavy (non-hydrogen) atoms. The monoisotopic (exact) mass is 526 g/mol. The summed E-state index contributed by atoms with van der Waals surface area (Å²) in [5.41, 5.74) is 1.55. The van der Waals surface area contributed by atoms with Crippen molar-refractivity contribution < 1.29 is 9.31 Å². The molecule has 0 radical (unpaired) electrons. The van der Waals surface area contributed by atoms with Gasteiger partial charge in [0.05, 0.1) is 25.3 Å². The number of aromatic nitrogens is 10. The van der Waals surface area contributed by atoms with Gasteiger partial charge in [0.25, 0.3) is 0 Å². The summed E-state index contributed by atoms with van der Waals surface area (Å²) in [4.78, 5) is 11.3. The lowest BCUT2D eigenvalue weighted by atomic mass is 9.80. The lowest BCUT2D eigenvalue weighted by Gasteiger charge is -2.32. The Morgan fingerprint density at radius 1 is 0.765 bits per heavy atom. The smallest absolute Gasteiger partial charge is 0.399 e. The van der Waals surface area contributed by atoms with Crippen molar-refractivity contribution in [2.45, 2.75) is 38.9 Å². The summed E-state index contributed by atoms with van der Waals surface area (Å²) in [6.45, 7) is 8.10. The topological polar surface area (TPSA) is 131 Å². The molecule has 1 aliphatic heterocycles. The Bertz CT molecular complexity index is 1240. The zero-order valence-corrected chi connectivity index (χ0v) is 21.3. The molecular weight excluding hydrogens is 503 g/mol. The van der Waals surface area contributed by atoms with Gasteiger partial charge in [-0.2, -0.15) is 9.59 Å². The van der Waals surface area contributed by atoms with E-state index in [-0.39, 0.29) is 11.2 Å². The minimum atomic E-state index is -0.411. The molecule has 0 saturated carbocycles. The Morgan fingerprint density at radius 2 is 1.26 bits per heavy atom. The van der Waals surface area contributed by atoms with Crippen molar-refractivity contribution in [3.8, 4) is 23.0 Å². The van der Waals surface area contributed by atoms with Crippen LogP contribution in [-0.2, 0) is 23.4 Å². The van der Waals surface area contributed by atoms with Crippen molar-refractivity contribution in [2.75, 3.05) is 0 Å². The van der Waals surface area contributed by atoms with Gasteiger partial charge in [-0.15, -0.1) is 20.4 Å². The van der Waals surface area contributed by atoms with Crippen LogP contribution in [0.4, 0.5) is 0 Å². The number of hydrogen-bond donors (Lipinski definition) is 0. The lowest BCUT2D eigenvalue weighted by molar-refractivity contribution is 0.00578. The van der Waals surface area contributed by atoms with Crippen LogP contribution < -0.4 is 5.46 Å². The highest BCUT2D eigenvalue weighted by Crippen LogP contribution is 2.36. The first-order chi connectivity index (χ1) is 16.0. The number of hydrogen-bond acceptors (Lipinski definition) is 10. The van der Waals surface area contributed by atoms with E-state index < -0.39 is 7.12 Å². The predicted molar refractivity (Wildman–Crippen MR) is 127 cm³/mol. The number of pyridine rings is 2. The fraction of sp³-hybridized carbons (Fsp3) is 0.400. The largest absolute Gasteiger partial charge is 0.496 e. The molecule has 1 aliphatic rings. The molecule has 1 saturated heterocycles. The standard InChI is InChI=1S/C13H18BN5O2.C7H6BrN5/c1-12(2)13(3,4)21-14(20-12)9-6-7-10(15-8-9)11-16-18-19(5)17-11;1-13-11-7(10-12-13)6-3-2-5(8)4-9-6/h6-8H,1-5H3;2-4H,1H3. The van der Waals surface area contributed by atoms with E-state index in [0.717, 1.165) is 15.6 Å². The molecule has 0 atom stereocenters. The summed E-state index contributed by atoms with van der Waals surface area (Å²) in [7, 11) is 3.02. The molecule has 0 aromatic carbocycles. The molecule has 14 heteroatoms. The van der Waals surface area contributed by atoms with Crippen LogP contribution in [0.25, 0.3) is 23.0 Å². The van der Waals surface area contributed by atoms with Crippen LogP contribution in [0.15, 0.2) is 41.1 Å². The van der Waals surface area contributed by atoms with E-state index in [1.54, 1.807) is 26.5 Å². The molecule has 0 unspecified atom stereocenters. The minimum absolute atomic E-state index is 0.358. The van der Waals surface area contributed by atoms with E-state index >= 15 is 0 Å². The van der Waals surface area contributed by atoms with Crippen molar-refractivity contribution in [3.63, 3.8) is 0 Å². The molecule has 5 rings (SSSR count). The van der Waals surface area contributed by atoms with Gasteiger partial charge in [0, 0.05) is 22.3 Å². The quantitative estimate of drug-likeness (QED) is 0.362. The van der Waals surface area contributed by atoms with Crippen LogP contribution in [0.5, 0.6) is 0 Å². The zero-order valence-electron chi connectivity index (χ0n) is 19.7. The predicted octanol–water partition coefficient (Wildman–Crippen LogP) is 1.61. The van der Waals surface area contributed by atoms with E-state index in [0.29, 0.717) is 17.3 Å². The van der Waals surface area contributed by atoms with Gasteiger partial charge >= 0.3 is 7.12 Å². The molecule has 176 valence electrons. The maximum Gasteiger partial charge on any atom is 0.496 e. The van der Waals surface area contributed by atoms with Crippen molar-refractivity contribution in [1.82, 2.24) is 50.4 Å². The highest BCUT2D eigenvalue weighted by molar-refractivity contribution is 9.10. The first-order valence-corrected chi connectivity index (χ1v) is 11.3. The van der Waals surface area contributed by atoms with Gasteiger partial charge in [-0.25, -0.2) is 0 Å². The molecular formula is C20H24BBrN10O2. The molecule has 4 aromatic rings. The zero-order chi connectivity index (χ0) is 24.5. The van der Waals surface area contributed by atoms with Crippen LogP contribution >= 0.6 is 15.9 Å². The highest BCUT2D eigenvalue weighted by atomic mass is 79.9. The van der Waals surface area contributed by atoms with Crippen LogP contribution in [0.1, 0.15) is 27.7 Å². The Labute approximate surface area is 205 Å². The SMILES string of the molecule is Cn1nnc(-c2ccc(B3OC(C)(C)C(C)(C)O3)cn2)n1.Cn1nnc(-c2ccc(Br)cn2)n1. The Hall–Kier alpha value is -3.10. The second kappa shape index (κ2) is 9.27. The Balaban J connectivity index is 0.000000180. The van der Waals surface area contributed by atoms with Crippen molar-refractivity contribution in [1.29, 1.82) is 0 Å². The van der Waals surface area contributed by atoms with Gasteiger partial charge in [0.2, 0.25) is 11.6 Å². The maximum atomic E-state index is 5.99. The number of nitrogens with zero attached hydrogens (tertiary/aromatic N) is 10. The van der Waals surface area contributed by atoms with E-state index in [9.17, 15) is 0 Å². The molecule has 0 N–H and O–H groups in total. The first-order valence-electron chi connectivity index (χ1n) is 10.5. The normalized spacial score (nSPS) is 16.3. The molecule has 5 heterocycles. The average molecular weight is 527 g/mol. The molecule has 4 aromatic heterocycles. The van der Waals surface area contributed by atoms with E-state index in [4.69, 9.17) is 9.31 Å². The second-order valence-corrected chi connectivity index (χ2v) is 9.55. The maximum absolute atomic E-state index is 5.99. The van der Waals surface area contributed by atoms with Gasteiger partial charge in [-0.3, -0.25) is 9.97 Å². The van der Waals surface area contributed by atoms with Gasteiger partial charge in [0.1, 0.15) is 11.4 Å². The summed E-state index contributed by atoms with van der Waals surface area (Å²) in [6.07, 6.45) is 3.43. The fourth-order valence-electron chi connectivity index (χ4n) is 2.94. The third-order valence-electron chi connectivity index (χ3n) is 5.51. The van der Waals surface area contributed by atoms with Crippen molar-refractivity contribution >= 4 is 28.5 Å². The number of aryl methyl sites for hydroxylation is 2. The van der Waals surface area contributed by atoms with Crippen molar-refractivity contribution in [2.24, 2.45) is 14.1 Å². The Morgan fingerprint density at radius 3 is 1.65 bits per heavy atom. The van der Waals surface area contributed by atoms with Crippen LogP contribution in [0.3, 0.4) is 0 Å². The summed E-state index contributed by atoms with van der Waals surface area (Å²) in [5, 5.41) is 23.4. The highest BCUT2D eigenvalue weighted by Gasteiger charge is 2.51. The Kier molecular flexibility index (Phi) is 6.56. The summed E-state index contributed by atoms with van der Waals surface area (Å²) >= 11 is 3.30. The molecule has 0 spiro atoms. The third-order valence-corrected chi connectivity index (χ3v) is 5.98. The molecule has 0 aliphatic carbocycles. The summed E-state index contributed by atoms with van der Waals surface area (Å²) in [6, 6.07) is 7.48. The van der Waals surface area contributed by atoms with E-state index in [1.807, 2.05) is 52.0 Å². The lowest BCUT2D eigenvalue weighted by Crippen LogP contribution is -2.41.